The van der Waals surface area contributed by atoms with Gasteiger partial charge in [0.25, 0.3) is 6.43 Å². The van der Waals surface area contributed by atoms with Crippen LogP contribution in [0.3, 0.4) is 0 Å². The molecule has 39 heavy (non-hydrogen) atoms. The first-order chi connectivity index (χ1) is 18.5. The Labute approximate surface area is 220 Å². The number of benzene rings is 1. The number of anilines is 2. The number of nitrogen functional groups attached to an aromatic ring is 1. The number of imidazole rings is 1. The highest BCUT2D eigenvalue weighted by Crippen LogP contribution is 2.38. The van der Waals surface area contributed by atoms with Gasteiger partial charge in [0.05, 0.1) is 42.6 Å². The lowest BCUT2D eigenvalue weighted by Gasteiger charge is -2.43. The third kappa shape index (κ3) is 4.63. The van der Waals surface area contributed by atoms with Crippen molar-refractivity contribution in [2.45, 2.75) is 37.5 Å². The summed E-state index contributed by atoms with van der Waals surface area (Å²) in [5, 5.41) is 10.2. The SMILES string of the molecule is COc1cc(F)c(-c2cc(N3CCC[C@](N)([C@H](O)C(F)F)C3)c(Cn3cnc4c(N)ncnc43)n2C)cc1F. The summed E-state index contributed by atoms with van der Waals surface area (Å²) in [6, 6.07) is 3.66. The Morgan fingerprint density at radius 1 is 1.15 bits per heavy atom. The van der Waals surface area contributed by atoms with Gasteiger partial charge in [-0.05, 0) is 25.0 Å². The van der Waals surface area contributed by atoms with E-state index < -0.39 is 29.7 Å². The van der Waals surface area contributed by atoms with Crippen LogP contribution in [0.25, 0.3) is 22.4 Å². The van der Waals surface area contributed by atoms with Crippen molar-refractivity contribution in [2.75, 3.05) is 30.8 Å². The zero-order chi connectivity index (χ0) is 28.1. The fourth-order valence-corrected chi connectivity index (χ4v) is 5.21. The van der Waals surface area contributed by atoms with Crippen LogP contribution in [0.2, 0.25) is 0 Å². The number of hydrogen-bond donors (Lipinski definition) is 3. The molecule has 1 aliphatic rings. The maximum absolute atomic E-state index is 15.2. The Balaban J connectivity index is 1.64. The average Bonchev–Trinajstić information content (AvgIpc) is 3.47. The van der Waals surface area contributed by atoms with Crippen molar-refractivity contribution >= 4 is 22.7 Å². The first-order valence-electron chi connectivity index (χ1n) is 12.2. The normalized spacial score (nSPS) is 18.7. The predicted molar refractivity (Wildman–Crippen MR) is 137 cm³/mol. The number of halogens is 4. The Kier molecular flexibility index (Phi) is 6.84. The van der Waals surface area contributed by atoms with Gasteiger partial charge in [0.1, 0.15) is 23.8 Å². The van der Waals surface area contributed by atoms with E-state index in [-0.39, 0.29) is 36.6 Å². The predicted octanol–water partition coefficient (Wildman–Crippen LogP) is 2.67. The summed E-state index contributed by atoms with van der Waals surface area (Å²) in [5.74, 6) is -1.49. The molecule has 2 atom stereocenters. The van der Waals surface area contributed by atoms with Gasteiger partial charge in [0.15, 0.2) is 23.0 Å². The van der Waals surface area contributed by atoms with E-state index in [2.05, 4.69) is 15.0 Å². The lowest BCUT2D eigenvalue weighted by molar-refractivity contribution is -0.0529. The number of ether oxygens (including phenoxy) is 1. The van der Waals surface area contributed by atoms with Crippen LogP contribution in [0.15, 0.2) is 30.9 Å². The molecule has 3 aromatic heterocycles. The Morgan fingerprint density at radius 2 is 1.92 bits per heavy atom. The van der Waals surface area contributed by atoms with Crippen molar-refractivity contribution < 1.29 is 27.4 Å². The largest absolute Gasteiger partial charge is 0.494 e. The molecule has 1 saturated heterocycles. The zero-order valence-electron chi connectivity index (χ0n) is 21.3. The highest BCUT2D eigenvalue weighted by atomic mass is 19.3. The van der Waals surface area contributed by atoms with Crippen LogP contribution in [-0.2, 0) is 13.6 Å². The van der Waals surface area contributed by atoms with Crippen molar-refractivity contribution in [3.05, 3.63) is 48.2 Å². The topological polar surface area (TPSA) is 133 Å². The summed E-state index contributed by atoms with van der Waals surface area (Å²) < 4.78 is 65.0. The van der Waals surface area contributed by atoms with Gasteiger partial charge in [-0.3, -0.25) is 0 Å². The van der Waals surface area contributed by atoms with Gasteiger partial charge in [-0.2, -0.15) is 0 Å². The number of methoxy groups -OCH3 is 1. The van der Waals surface area contributed by atoms with Crippen LogP contribution in [0.1, 0.15) is 18.5 Å². The van der Waals surface area contributed by atoms with Gasteiger partial charge in [0.2, 0.25) is 0 Å². The highest BCUT2D eigenvalue weighted by Gasteiger charge is 2.43. The molecule has 1 aromatic carbocycles. The number of nitrogens with two attached hydrogens (primary N) is 2. The number of fused-ring (bicyclic) bond motifs is 1. The zero-order valence-corrected chi connectivity index (χ0v) is 21.3. The summed E-state index contributed by atoms with van der Waals surface area (Å²) in [6.07, 6.45) is -1.57. The van der Waals surface area contributed by atoms with Gasteiger partial charge in [-0.15, -0.1) is 0 Å². The van der Waals surface area contributed by atoms with Crippen LogP contribution in [-0.4, -0.2) is 67.5 Å². The second-order valence-corrected chi connectivity index (χ2v) is 9.73. The van der Waals surface area contributed by atoms with Gasteiger partial charge >= 0.3 is 0 Å². The molecule has 5 N–H and O–H groups in total. The van der Waals surface area contributed by atoms with Crippen molar-refractivity contribution in [3.8, 4) is 17.0 Å². The number of piperidine rings is 1. The maximum Gasteiger partial charge on any atom is 0.265 e. The maximum atomic E-state index is 15.2. The molecular formula is C25H28F4N8O2. The molecule has 1 aliphatic heterocycles. The summed E-state index contributed by atoms with van der Waals surface area (Å²) in [6.45, 7) is 0.545. The molecular weight excluding hydrogens is 520 g/mol. The van der Waals surface area contributed by atoms with E-state index >= 15 is 4.39 Å². The molecule has 0 bridgehead atoms. The van der Waals surface area contributed by atoms with Crippen LogP contribution < -0.4 is 21.1 Å². The third-order valence-corrected chi connectivity index (χ3v) is 7.33. The van der Waals surface area contributed by atoms with E-state index in [0.717, 1.165) is 12.1 Å². The molecule has 10 nitrogen and oxygen atoms in total. The van der Waals surface area contributed by atoms with Gasteiger partial charge in [-0.25, -0.2) is 32.5 Å². The third-order valence-electron chi connectivity index (χ3n) is 7.33. The smallest absolute Gasteiger partial charge is 0.265 e. The Bertz CT molecular complexity index is 1520. The molecule has 0 amide bonds. The monoisotopic (exact) mass is 548 g/mol. The molecule has 0 spiro atoms. The average molecular weight is 549 g/mol. The van der Waals surface area contributed by atoms with Crippen molar-refractivity contribution in [1.29, 1.82) is 0 Å². The van der Waals surface area contributed by atoms with Crippen LogP contribution in [0, 0.1) is 11.6 Å². The van der Waals surface area contributed by atoms with Crippen LogP contribution >= 0.6 is 0 Å². The summed E-state index contributed by atoms with van der Waals surface area (Å²) in [7, 11) is 2.93. The number of nitrogens with zero attached hydrogens (tertiary/aromatic N) is 6. The molecule has 4 heterocycles. The molecule has 208 valence electrons. The van der Waals surface area contributed by atoms with E-state index in [1.165, 1.54) is 19.8 Å². The van der Waals surface area contributed by atoms with Crippen molar-refractivity contribution in [2.24, 2.45) is 12.8 Å². The number of aromatic nitrogens is 5. The minimum atomic E-state index is -3.01. The molecule has 0 unspecified atom stereocenters. The summed E-state index contributed by atoms with van der Waals surface area (Å²) in [4.78, 5) is 14.3. The molecule has 1 fully saturated rings. The van der Waals surface area contributed by atoms with Gasteiger partial charge in [-0.1, -0.05) is 0 Å². The Hall–Kier alpha value is -3.91. The number of aliphatic hydroxyl groups excluding tert-OH is 1. The molecule has 4 aromatic rings. The fourth-order valence-electron chi connectivity index (χ4n) is 5.21. The summed E-state index contributed by atoms with van der Waals surface area (Å²) >= 11 is 0. The highest BCUT2D eigenvalue weighted by molar-refractivity contribution is 5.81. The molecule has 0 radical (unpaired) electrons. The van der Waals surface area contributed by atoms with E-state index in [4.69, 9.17) is 16.2 Å². The lowest BCUT2D eigenvalue weighted by atomic mass is 9.84. The number of hydrogen-bond acceptors (Lipinski definition) is 8. The second-order valence-electron chi connectivity index (χ2n) is 9.73. The van der Waals surface area contributed by atoms with Crippen molar-refractivity contribution in [3.63, 3.8) is 0 Å². The number of rotatable bonds is 7. The first-order valence-corrected chi connectivity index (χ1v) is 12.2. The molecule has 0 saturated carbocycles. The van der Waals surface area contributed by atoms with Crippen LogP contribution in [0.5, 0.6) is 5.75 Å². The number of alkyl halides is 2. The van der Waals surface area contributed by atoms with E-state index in [0.29, 0.717) is 41.2 Å². The van der Waals surface area contributed by atoms with Gasteiger partial charge in [0, 0.05) is 31.8 Å². The van der Waals surface area contributed by atoms with Gasteiger partial charge < -0.3 is 35.3 Å². The van der Waals surface area contributed by atoms with Crippen LogP contribution in [0.4, 0.5) is 29.1 Å². The van der Waals surface area contributed by atoms with E-state index in [1.807, 2.05) is 0 Å². The minimum Gasteiger partial charge on any atom is -0.494 e. The standard InChI is InChI=1S/C25H28F4N8O2/c1-35-16(13-6-15(27)19(39-2)7-14(13)26)8-17(36-5-3-4-25(31,10-36)21(38)22(28)29)18(35)9-37-12-34-20-23(30)32-11-33-24(20)37/h6-8,11-12,21-22,38H,3-5,9-10,31H2,1-2H3,(H2,30,32,33)/t21-,25-/m1/s1. The quantitative estimate of drug-likeness (QED) is 0.300. The molecule has 5 rings (SSSR count). The molecule has 14 heteroatoms. The lowest BCUT2D eigenvalue weighted by Crippen LogP contribution is -2.63. The fraction of sp³-hybridized carbons (Fsp3) is 0.400. The summed E-state index contributed by atoms with van der Waals surface area (Å²) in [5.41, 5.74) is 13.0. The number of aliphatic hydroxyl groups is 1. The van der Waals surface area contributed by atoms with E-state index in [9.17, 15) is 18.3 Å². The second kappa shape index (κ2) is 10.0. The Morgan fingerprint density at radius 3 is 2.64 bits per heavy atom. The first kappa shape index (κ1) is 26.7. The van der Waals surface area contributed by atoms with Crippen molar-refractivity contribution in [1.82, 2.24) is 24.1 Å². The molecule has 0 aliphatic carbocycles. The van der Waals surface area contributed by atoms with E-state index in [1.54, 1.807) is 27.1 Å². The minimum absolute atomic E-state index is 0.0194.